The van der Waals surface area contributed by atoms with Crippen molar-refractivity contribution < 1.29 is 66.1 Å². The molecule has 3 heterocycles. The first-order valence-corrected chi connectivity index (χ1v) is 26.2. The van der Waals surface area contributed by atoms with Crippen LogP contribution in [0.1, 0.15) is 123 Å². The summed E-state index contributed by atoms with van der Waals surface area (Å²) < 4.78 is 72.2. The zero-order valence-electron chi connectivity index (χ0n) is 45.3. The second-order valence-corrected chi connectivity index (χ2v) is 22.3. The van der Waals surface area contributed by atoms with Gasteiger partial charge in [0.1, 0.15) is 21.6 Å². The summed E-state index contributed by atoms with van der Waals surface area (Å²) in [5, 5.41) is 35.7. The van der Waals surface area contributed by atoms with Crippen molar-refractivity contribution in [2.45, 2.75) is 162 Å². The maximum Gasteiger partial charge on any atom is 0.397 e. The Balaban J connectivity index is 0.000000642. The highest BCUT2D eigenvalue weighted by molar-refractivity contribution is 7.85. The molecular weight excluding hydrogens is 941 g/mol. The van der Waals surface area contributed by atoms with E-state index in [2.05, 4.69) is 12.1 Å². The number of aryl methyl sites for hydroxylation is 6. The lowest BCUT2D eigenvalue weighted by Crippen LogP contribution is -2.61. The van der Waals surface area contributed by atoms with Gasteiger partial charge in [0, 0.05) is 54.9 Å². The number of methoxy groups -OCH3 is 2. The zero-order chi connectivity index (χ0) is 53.9. The normalized spacial score (nSPS) is 25.4. The molecule has 3 N–H and O–H groups in total. The van der Waals surface area contributed by atoms with Crippen LogP contribution in [0.25, 0.3) is 0 Å². The quantitative estimate of drug-likeness (QED) is 0.0759. The van der Waals surface area contributed by atoms with Gasteiger partial charge in [-0.15, -0.1) is 4.57 Å². The molecule has 15 nitrogen and oxygen atoms in total. The Morgan fingerprint density at radius 3 is 1.76 bits per heavy atom. The molecule has 72 heavy (non-hydrogen) atoms. The van der Waals surface area contributed by atoms with E-state index >= 15 is 0 Å². The van der Waals surface area contributed by atoms with Gasteiger partial charge < -0.3 is 53.2 Å². The Kier molecular flexibility index (Phi) is 19.0. The smallest absolute Gasteiger partial charge is 0.397 e. The van der Waals surface area contributed by atoms with Crippen LogP contribution in [-0.2, 0) is 29.1 Å². The van der Waals surface area contributed by atoms with Gasteiger partial charge in [-0.1, -0.05) is 69.2 Å². The molecule has 0 spiro atoms. The van der Waals surface area contributed by atoms with Crippen LogP contribution in [0.15, 0.2) is 71.9 Å². The highest BCUT2D eigenvalue weighted by atomic mass is 32.2. The second-order valence-electron chi connectivity index (χ2n) is 21.0. The number of hydrogen-bond donors (Lipinski definition) is 3. The van der Waals surface area contributed by atoms with Gasteiger partial charge in [0.15, 0.2) is 36.5 Å². The molecule has 0 saturated carbocycles. The van der Waals surface area contributed by atoms with Crippen molar-refractivity contribution in [3.63, 3.8) is 0 Å². The molecule has 3 aromatic carbocycles. The molecule has 0 aliphatic carbocycles. The van der Waals surface area contributed by atoms with E-state index in [4.69, 9.17) is 28.4 Å². The number of anilines is 1. The topological polar surface area (TPSA) is 197 Å². The first kappa shape index (κ1) is 58.4. The van der Waals surface area contributed by atoms with Crippen LogP contribution in [0.5, 0.6) is 11.5 Å². The van der Waals surface area contributed by atoms with Crippen LogP contribution in [0.2, 0.25) is 0 Å². The summed E-state index contributed by atoms with van der Waals surface area (Å²) in [5.74, 6) is -0.875. The van der Waals surface area contributed by atoms with E-state index in [1.807, 2.05) is 99.5 Å². The number of aliphatic hydroxyl groups is 3. The van der Waals surface area contributed by atoms with Crippen LogP contribution >= 0.6 is 0 Å². The van der Waals surface area contributed by atoms with Gasteiger partial charge >= 0.3 is 5.91 Å². The number of hydrogen-bond acceptors (Lipinski definition) is 14. The predicted octanol–water partition coefficient (Wildman–Crippen LogP) is 8.31. The molecule has 16 heteroatoms. The van der Waals surface area contributed by atoms with Crippen LogP contribution in [0.4, 0.5) is 5.69 Å². The summed E-state index contributed by atoms with van der Waals surface area (Å²) in [5.41, 5.74) is 4.56. The van der Waals surface area contributed by atoms with Gasteiger partial charge in [-0.25, -0.2) is 13.2 Å². The molecule has 1 aromatic heterocycles. The Morgan fingerprint density at radius 1 is 0.764 bits per heavy atom. The third-order valence-electron chi connectivity index (χ3n) is 14.6. The van der Waals surface area contributed by atoms with Gasteiger partial charge in [0.2, 0.25) is 0 Å². The largest absolute Gasteiger partial charge is 0.744 e. The maximum absolute atomic E-state index is 14.1. The van der Waals surface area contributed by atoms with Gasteiger partial charge in [-0.2, -0.15) is 0 Å². The Labute approximate surface area is 428 Å². The van der Waals surface area contributed by atoms with Crippen LogP contribution < -0.4 is 18.9 Å². The molecule has 0 radical (unpaired) electrons. The van der Waals surface area contributed by atoms with Crippen molar-refractivity contribution in [1.82, 2.24) is 0 Å². The van der Waals surface area contributed by atoms with Crippen molar-refractivity contribution in [3.8, 4) is 11.5 Å². The fraction of sp³-hybridized carbons (Fsp3) is 0.571. The second kappa shape index (κ2) is 23.4. The lowest BCUT2D eigenvalue weighted by Gasteiger charge is -2.51. The molecule has 6 rings (SSSR count). The minimum Gasteiger partial charge on any atom is -0.744 e. The van der Waals surface area contributed by atoms with E-state index in [0.717, 1.165) is 33.5 Å². The first-order valence-electron chi connectivity index (χ1n) is 24.8. The Bertz CT molecular complexity index is 2570. The number of carbonyl (C=O) groups is 1. The first-order chi connectivity index (χ1) is 33.5. The van der Waals surface area contributed by atoms with Crippen LogP contribution in [0.3, 0.4) is 0 Å². The highest BCUT2D eigenvalue weighted by Gasteiger charge is 2.54. The zero-order valence-corrected chi connectivity index (χ0v) is 46.2. The van der Waals surface area contributed by atoms with Gasteiger partial charge in [-0.05, 0) is 115 Å². The lowest BCUT2D eigenvalue weighted by atomic mass is 9.73. The number of aromatic nitrogens is 1. The number of aliphatic hydroxyl groups excluding tert-OH is 1. The number of nitrogens with zero attached hydrogens (tertiary/aromatic N) is 2. The summed E-state index contributed by atoms with van der Waals surface area (Å²) in [6, 6.07) is 16.7. The number of rotatable bonds is 15. The summed E-state index contributed by atoms with van der Waals surface area (Å²) >= 11 is 0. The van der Waals surface area contributed by atoms with Crippen LogP contribution in [-0.4, -0.2) is 104 Å². The van der Waals surface area contributed by atoms with E-state index in [1.165, 1.54) is 0 Å². The minimum atomic E-state index is -4.33. The fourth-order valence-corrected chi connectivity index (χ4v) is 12.1. The number of pyridine rings is 1. The predicted molar refractivity (Wildman–Crippen MR) is 274 cm³/mol. The standard InChI is InChI=1S/C47H69N2O10.C9H12O3S/c1-15-37(50)47(10,53)42-30(6)39(56-45(59-42)38-27(3)22-26(2)23-28(38)4)29(5)25-46(9,52)41-31(7)40(32(8)43(51)49-20-18-34(19-21-49)48(11)12)57-44(58-41)33-16-17-35(54-13)36(24-33)55-14;1-6-4-7(2)9(8(3)5-6)13(10,11)12/h16-24,29-32,37,39-42,44-45,50,52-53H,15,25H2,1-14H3;4-5H,1-3H3,(H,10,11,12)/q+1;/p-1/t29-,30+,31+,32-,37-,39+,40+,41-,42-,44?,45-,46-,47-;/m1./s1. The third-order valence-corrected chi connectivity index (χ3v) is 15.8. The summed E-state index contributed by atoms with van der Waals surface area (Å²) in [4.78, 5) is 16.0. The molecule has 2 aliphatic rings. The molecule has 13 atom stereocenters. The molecule has 4 aromatic rings. The molecular formula is C56H80N2O13S. The Hall–Kier alpha value is -4.49. The molecule has 2 saturated heterocycles. The highest BCUT2D eigenvalue weighted by Crippen LogP contribution is 2.47. The molecule has 398 valence electrons. The van der Waals surface area contributed by atoms with E-state index in [1.54, 1.807) is 83.1 Å². The monoisotopic (exact) mass is 1020 g/mol. The molecule has 2 fully saturated rings. The SMILES string of the molecule is CC[C@@H](O)[C@@](C)(O)[C@@H]1O[C@H](c2c(C)cc(C)cc2C)O[C@@H]([C@H](C)C[C@@](C)(O)[C@@H]2OC(c3ccc(OC)c(OC)c3)O[C@H]([C@@H](C)C(=O)[n+]3ccc(N(C)C)cc3)[C@@H]2C)[C@@H]1C.Cc1cc(C)c(S(=O)(=O)[O-])c(C)c1. The average Bonchev–Trinajstić information content (AvgIpc) is 3.29. The van der Waals surface area contributed by atoms with Gasteiger partial charge in [-0.3, -0.25) is 0 Å². The van der Waals surface area contributed by atoms with Gasteiger partial charge in [0.05, 0.1) is 55.2 Å². The molecule has 0 amide bonds. The number of carbonyl (C=O) groups excluding carboxylic acids is 1. The number of ether oxygens (including phenoxy) is 6. The van der Waals surface area contributed by atoms with E-state index < -0.39 is 76.3 Å². The fourth-order valence-electron chi connectivity index (χ4n) is 11.2. The van der Waals surface area contributed by atoms with Crippen molar-refractivity contribution in [3.05, 3.63) is 111 Å². The minimum absolute atomic E-state index is 0.0851. The summed E-state index contributed by atoms with van der Waals surface area (Å²) in [6.07, 6.45) is -1.49. The van der Waals surface area contributed by atoms with E-state index in [9.17, 15) is 33.1 Å². The Morgan fingerprint density at radius 2 is 1.26 bits per heavy atom. The maximum atomic E-state index is 14.1. The van der Waals surface area contributed by atoms with Crippen molar-refractivity contribution in [2.24, 2.45) is 23.7 Å². The van der Waals surface area contributed by atoms with Crippen molar-refractivity contribution in [2.75, 3.05) is 33.2 Å². The summed E-state index contributed by atoms with van der Waals surface area (Å²) in [6.45, 7) is 24.2. The van der Waals surface area contributed by atoms with Crippen molar-refractivity contribution in [1.29, 1.82) is 0 Å². The number of benzene rings is 3. The summed E-state index contributed by atoms with van der Waals surface area (Å²) in [7, 11) is 2.68. The van der Waals surface area contributed by atoms with E-state index in [-0.39, 0.29) is 29.1 Å². The third kappa shape index (κ3) is 12.9. The van der Waals surface area contributed by atoms with Gasteiger partial charge in [0.25, 0.3) is 0 Å². The van der Waals surface area contributed by atoms with E-state index in [0.29, 0.717) is 34.6 Å². The molecule has 1 unspecified atom stereocenters. The lowest BCUT2D eigenvalue weighted by molar-refractivity contribution is -0.578. The van der Waals surface area contributed by atoms with Crippen LogP contribution in [0, 0.1) is 65.2 Å². The molecule has 2 aliphatic heterocycles. The van der Waals surface area contributed by atoms with Crippen molar-refractivity contribution >= 4 is 21.7 Å². The molecule has 0 bridgehead atoms. The average molecular weight is 1020 g/mol.